The zero-order valence-electron chi connectivity index (χ0n) is 56.5. The Hall–Kier alpha value is -0.160. The third-order valence-electron chi connectivity index (χ3n) is 27.8. The summed E-state index contributed by atoms with van der Waals surface area (Å²) in [5, 5.41) is 0. The molecule has 0 amide bonds. The van der Waals surface area contributed by atoms with Crippen molar-refractivity contribution < 1.29 is 9.47 Å². The van der Waals surface area contributed by atoms with Gasteiger partial charge in [0.25, 0.3) is 0 Å². The van der Waals surface area contributed by atoms with E-state index in [1.807, 2.05) is 0 Å². The van der Waals surface area contributed by atoms with Crippen LogP contribution in [0.5, 0.6) is 0 Å². The Labute approximate surface area is 511 Å². The third-order valence-corrected chi connectivity index (χ3v) is 27.8. The fourth-order valence-corrected chi connectivity index (χ4v) is 23.1. The van der Waals surface area contributed by atoms with Gasteiger partial charge in [-0.3, -0.25) is 9.80 Å². The van der Waals surface area contributed by atoms with Crippen LogP contribution in [0.3, 0.4) is 0 Å². The van der Waals surface area contributed by atoms with Crippen LogP contribution in [0.1, 0.15) is 339 Å². The molecule has 4 heteroatoms. The van der Waals surface area contributed by atoms with Gasteiger partial charge in [0.15, 0.2) is 0 Å². The second-order valence-electron chi connectivity index (χ2n) is 34.7. The van der Waals surface area contributed by atoms with E-state index in [2.05, 4.69) is 79.0 Å². The van der Waals surface area contributed by atoms with E-state index >= 15 is 0 Å². The van der Waals surface area contributed by atoms with Crippen LogP contribution in [0.25, 0.3) is 0 Å². The van der Waals surface area contributed by atoms with Crippen molar-refractivity contribution in [2.24, 2.45) is 93.7 Å². The summed E-state index contributed by atoms with van der Waals surface area (Å²) in [6.07, 6.45) is 61.7. The summed E-state index contributed by atoms with van der Waals surface area (Å²) in [7, 11) is 0. The topological polar surface area (TPSA) is 24.9 Å². The molecule has 10 fully saturated rings. The smallest absolute Gasteiger partial charge is 0.0576 e. The summed E-state index contributed by atoms with van der Waals surface area (Å²) >= 11 is 0. The first kappa shape index (κ1) is 64.8. The minimum Gasteiger partial charge on any atom is -0.378 e. The van der Waals surface area contributed by atoms with E-state index in [4.69, 9.17) is 9.47 Å². The Balaban J connectivity index is 0.965. The van der Waals surface area contributed by atoms with Crippen LogP contribution in [-0.4, -0.2) is 71.5 Å². The Morgan fingerprint density at radius 1 is 0.317 bits per heavy atom. The fraction of sp³-hybridized carbons (Fsp3) is 1.00. The number of nitrogens with zero attached hydrogens (tertiary/aromatic N) is 2. The standard InChI is InChI=1S/C78H140N2O2/c1-11-13-15-17-19-21-51-81-65-43-39-63(40-44-65)79(61-35-23-55(3)24-36-61)73-53-71(57-27-31-59(32-28-57)77(5,6)7)67-48-50-70-74(54-72(68-47-49-69(73)75(67)76(68)70)58-29-33-60(34-30-58)78(8,9)10)80(62-37-25-56(4)26-38-62)64-41-45-66(46-42-64)82-52-22-20-18-16-14-12-2/h55-76H,11-54H2,1-10H3. The molecule has 10 aliphatic rings. The summed E-state index contributed by atoms with van der Waals surface area (Å²) in [6.45, 7) is 27.4. The summed E-state index contributed by atoms with van der Waals surface area (Å²) in [6, 6.07) is 4.83. The highest BCUT2D eigenvalue weighted by molar-refractivity contribution is 5.14. The molecule has 0 aliphatic heterocycles. The maximum Gasteiger partial charge on any atom is 0.0576 e. The zero-order chi connectivity index (χ0) is 57.4. The van der Waals surface area contributed by atoms with Gasteiger partial charge in [0.1, 0.15) is 0 Å². The zero-order valence-corrected chi connectivity index (χ0v) is 56.5. The van der Waals surface area contributed by atoms with Gasteiger partial charge in [-0.15, -0.1) is 0 Å². The van der Waals surface area contributed by atoms with Gasteiger partial charge in [0.2, 0.25) is 0 Å². The summed E-state index contributed by atoms with van der Waals surface area (Å²) in [5.74, 6) is 13.3. The van der Waals surface area contributed by atoms with Crippen LogP contribution < -0.4 is 0 Å². The molecule has 0 aromatic rings. The van der Waals surface area contributed by atoms with Crippen LogP contribution >= 0.6 is 0 Å². The summed E-state index contributed by atoms with van der Waals surface area (Å²) in [4.78, 5) is 7.03. The second kappa shape index (κ2) is 30.6. The second-order valence-corrected chi connectivity index (χ2v) is 34.7. The van der Waals surface area contributed by atoms with E-state index in [1.165, 1.54) is 231 Å². The SMILES string of the molecule is CCCCCCCCOC1CCC(N(C2CCC(C)CC2)C2CC(C3CCC(C(C)(C)C)CC3)C3CCC4C5C(CCC2C35)C(C2CCC(C(C)(C)C)CC2)CC4N(C2CCC(C)CC2)C2CCC(OCCCCCCCC)CC2)CC1. The molecule has 0 spiro atoms. The number of rotatable bonds is 24. The molecule has 0 aromatic heterocycles. The van der Waals surface area contributed by atoms with Gasteiger partial charge < -0.3 is 9.47 Å². The quantitative estimate of drug-likeness (QED) is 0.0900. The molecule has 10 atom stereocenters. The van der Waals surface area contributed by atoms with Crippen LogP contribution in [-0.2, 0) is 9.47 Å². The third kappa shape index (κ3) is 16.1. The average molecular weight is 1140 g/mol. The van der Waals surface area contributed by atoms with Crippen molar-refractivity contribution >= 4 is 0 Å². The van der Waals surface area contributed by atoms with Crippen molar-refractivity contribution in [3.05, 3.63) is 0 Å². The molecule has 0 aromatic carbocycles. The van der Waals surface area contributed by atoms with Crippen LogP contribution in [0.15, 0.2) is 0 Å². The van der Waals surface area contributed by atoms with Crippen molar-refractivity contribution in [3.8, 4) is 0 Å². The highest BCUT2D eigenvalue weighted by Gasteiger charge is 2.63. The Morgan fingerprint density at radius 3 is 0.951 bits per heavy atom. The van der Waals surface area contributed by atoms with Crippen molar-refractivity contribution in [2.45, 2.75) is 387 Å². The molecule has 82 heavy (non-hydrogen) atoms. The Morgan fingerprint density at radius 2 is 0.622 bits per heavy atom. The summed E-state index contributed by atoms with van der Waals surface area (Å²) in [5.41, 5.74) is 0.901. The lowest BCUT2D eigenvalue weighted by molar-refractivity contribution is -0.191. The molecule has 10 unspecified atom stereocenters. The van der Waals surface area contributed by atoms with E-state index in [0.29, 0.717) is 23.0 Å². The molecule has 10 saturated carbocycles. The van der Waals surface area contributed by atoms with Gasteiger partial charge in [-0.1, -0.05) is 133 Å². The fourth-order valence-electron chi connectivity index (χ4n) is 23.1. The average Bonchev–Trinajstić information content (AvgIpc) is 1.35. The van der Waals surface area contributed by atoms with E-state index in [9.17, 15) is 0 Å². The lowest BCUT2D eigenvalue weighted by Gasteiger charge is -2.68. The van der Waals surface area contributed by atoms with Crippen molar-refractivity contribution in [1.82, 2.24) is 9.80 Å². The Kier molecular flexibility index (Phi) is 24.2. The van der Waals surface area contributed by atoms with Crippen LogP contribution in [0, 0.1) is 93.7 Å². The van der Waals surface area contributed by atoms with Crippen LogP contribution in [0.4, 0.5) is 0 Å². The van der Waals surface area contributed by atoms with E-state index in [0.717, 1.165) is 132 Å². The van der Waals surface area contributed by atoms with Crippen molar-refractivity contribution in [3.63, 3.8) is 0 Å². The molecule has 10 rings (SSSR count). The van der Waals surface area contributed by atoms with Gasteiger partial charge in [0.05, 0.1) is 12.2 Å². The highest BCUT2D eigenvalue weighted by atomic mass is 16.5. The van der Waals surface area contributed by atoms with Gasteiger partial charge in [-0.2, -0.15) is 0 Å². The molecule has 0 radical (unpaired) electrons. The maximum atomic E-state index is 6.84. The molecule has 0 bridgehead atoms. The van der Waals surface area contributed by atoms with Gasteiger partial charge in [-0.05, 0) is 299 Å². The predicted molar refractivity (Wildman–Crippen MR) is 350 cm³/mol. The monoisotopic (exact) mass is 1140 g/mol. The molecular weight excluding hydrogens is 997 g/mol. The minimum atomic E-state index is 0.451. The van der Waals surface area contributed by atoms with Crippen LogP contribution in [0.2, 0.25) is 0 Å². The van der Waals surface area contributed by atoms with E-state index in [1.54, 1.807) is 38.5 Å². The number of ether oxygens (including phenoxy) is 2. The first-order chi connectivity index (χ1) is 39.7. The summed E-state index contributed by atoms with van der Waals surface area (Å²) < 4.78 is 13.7. The normalized spacial score (nSPS) is 42.3. The Bertz CT molecular complexity index is 1660. The lowest BCUT2D eigenvalue weighted by Crippen LogP contribution is -2.67. The van der Waals surface area contributed by atoms with Gasteiger partial charge in [0, 0.05) is 49.5 Å². The lowest BCUT2D eigenvalue weighted by atomic mass is 9.41. The highest BCUT2D eigenvalue weighted by Crippen LogP contribution is 2.67. The molecule has 10 aliphatic carbocycles. The first-order valence-electron chi connectivity index (χ1n) is 38.5. The largest absolute Gasteiger partial charge is 0.378 e. The maximum absolute atomic E-state index is 6.84. The van der Waals surface area contributed by atoms with Crippen molar-refractivity contribution in [2.75, 3.05) is 13.2 Å². The first-order valence-corrected chi connectivity index (χ1v) is 38.5. The predicted octanol–water partition coefficient (Wildman–Crippen LogP) is 21.9. The molecule has 0 N–H and O–H groups in total. The minimum absolute atomic E-state index is 0.451. The van der Waals surface area contributed by atoms with Gasteiger partial charge >= 0.3 is 0 Å². The number of hydrogen-bond donors (Lipinski definition) is 0. The number of unbranched alkanes of at least 4 members (excludes halogenated alkanes) is 10. The molecule has 474 valence electrons. The molecule has 0 saturated heterocycles. The van der Waals surface area contributed by atoms with E-state index < -0.39 is 0 Å². The van der Waals surface area contributed by atoms with E-state index in [-0.39, 0.29) is 0 Å². The van der Waals surface area contributed by atoms with Gasteiger partial charge in [-0.25, -0.2) is 0 Å². The number of hydrogen-bond acceptors (Lipinski definition) is 4. The molecule has 0 heterocycles. The van der Waals surface area contributed by atoms with Crippen molar-refractivity contribution in [1.29, 1.82) is 0 Å². The molecular formula is C78H140N2O2. The molecule has 4 nitrogen and oxygen atoms in total.